The van der Waals surface area contributed by atoms with E-state index in [1.165, 1.54) is 66.1 Å². The van der Waals surface area contributed by atoms with Gasteiger partial charge in [0, 0.05) is 21.7 Å². The van der Waals surface area contributed by atoms with E-state index < -0.39 is 0 Å². The first-order valence-corrected chi connectivity index (χ1v) is 14.6. The van der Waals surface area contributed by atoms with Gasteiger partial charge >= 0.3 is 0 Å². The molecular formula is C37H29NS. The number of fused-ring (bicyclic) bond motifs is 4. The zero-order valence-electron chi connectivity index (χ0n) is 22.0. The van der Waals surface area contributed by atoms with E-state index in [9.17, 15) is 0 Å². The van der Waals surface area contributed by atoms with Gasteiger partial charge in [-0.2, -0.15) is 0 Å². The number of benzene rings is 5. The van der Waals surface area contributed by atoms with Crippen molar-refractivity contribution in [2.24, 2.45) is 0 Å². The summed E-state index contributed by atoms with van der Waals surface area (Å²) in [5, 5.41) is 1.33. The van der Waals surface area contributed by atoms with Crippen molar-refractivity contribution in [2.75, 3.05) is 0 Å². The molecule has 5 aromatic carbocycles. The van der Waals surface area contributed by atoms with Gasteiger partial charge in [-0.3, -0.25) is 0 Å². The van der Waals surface area contributed by atoms with Crippen molar-refractivity contribution in [1.82, 2.24) is 4.57 Å². The minimum Gasteiger partial charge on any atom is -0.310 e. The van der Waals surface area contributed by atoms with Crippen LogP contribution < -0.4 is 0 Å². The van der Waals surface area contributed by atoms with Crippen molar-refractivity contribution in [3.8, 4) is 27.9 Å². The van der Waals surface area contributed by atoms with Gasteiger partial charge in [0.05, 0.1) is 11.2 Å². The van der Waals surface area contributed by atoms with Crippen molar-refractivity contribution in [3.05, 3.63) is 144 Å². The predicted octanol–water partition coefficient (Wildman–Crippen LogP) is 10.5. The van der Waals surface area contributed by atoms with Crippen molar-refractivity contribution in [2.45, 2.75) is 24.0 Å². The van der Waals surface area contributed by atoms with E-state index in [4.69, 9.17) is 0 Å². The number of nitrogens with zero attached hydrogens (tertiary/aromatic N) is 1. The highest BCUT2D eigenvalue weighted by Crippen LogP contribution is 2.42. The van der Waals surface area contributed by atoms with Crippen molar-refractivity contribution in [3.63, 3.8) is 0 Å². The Labute approximate surface area is 234 Å². The number of hydrogen-bond acceptors (Lipinski definition) is 1. The summed E-state index contributed by atoms with van der Waals surface area (Å²) in [6, 6.07) is 46.2. The van der Waals surface area contributed by atoms with Gasteiger partial charge in [-0.15, -0.1) is 11.8 Å². The van der Waals surface area contributed by atoms with Gasteiger partial charge in [0.25, 0.3) is 0 Å². The maximum Gasteiger partial charge on any atom is 0.0538 e. The minimum absolute atomic E-state index is 0.934. The Balaban J connectivity index is 1.46. The molecular weight excluding hydrogens is 490 g/mol. The summed E-state index contributed by atoms with van der Waals surface area (Å²) < 4.78 is 2.46. The maximum absolute atomic E-state index is 2.46. The SMILES string of the molecule is CC/C1=C\c2c(c3cc(-c4cccc(-c5ccccc5)c4)ccc3n2-c2ccccc2)CSc2ccccc21. The molecule has 0 aliphatic carbocycles. The van der Waals surface area contributed by atoms with Crippen LogP contribution in [-0.2, 0) is 5.75 Å². The standard InChI is InChI=1S/C37H29NS/c1-2-26-24-36-34(25-39-37-19-10-9-18-32(26)37)33-23-30(20-21-35(33)38(36)31-16-7-4-8-17-31)29-15-11-14-28(22-29)27-12-5-3-6-13-27/h3-24H,2,25H2,1H3/b26-24+. The third-order valence-electron chi connectivity index (χ3n) is 7.73. The van der Waals surface area contributed by atoms with Crippen LogP contribution in [0.4, 0.5) is 0 Å². The van der Waals surface area contributed by atoms with Gasteiger partial charge < -0.3 is 4.57 Å². The molecule has 1 nitrogen and oxygen atoms in total. The van der Waals surface area contributed by atoms with Crippen LogP contribution in [0, 0.1) is 0 Å². The molecule has 0 saturated carbocycles. The molecule has 1 aromatic heterocycles. The highest BCUT2D eigenvalue weighted by atomic mass is 32.2. The summed E-state index contributed by atoms with van der Waals surface area (Å²) in [5.41, 5.74) is 12.9. The molecule has 0 N–H and O–H groups in total. The molecule has 0 atom stereocenters. The molecule has 188 valence electrons. The number of aromatic nitrogens is 1. The van der Waals surface area contributed by atoms with E-state index in [-0.39, 0.29) is 0 Å². The van der Waals surface area contributed by atoms with E-state index in [1.54, 1.807) is 0 Å². The molecule has 0 radical (unpaired) electrons. The fraction of sp³-hybridized carbons (Fsp3) is 0.0811. The molecule has 1 aliphatic heterocycles. The largest absolute Gasteiger partial charge is 0.310 e. The molecule has 1 aliphatic rings. The number of allylic oxidation sites excluding steroid dienone is 1. The third kappa shape index (κ3) is 4.31. The van der Waals surface area contributed by atoms with Gasteiger partial charge in [0.1, 0.15) is 0 Å². The first-order chi connectivity index (χ1) is 19.3. The fourth-order valence-corrected chi connectivity index (χ4v) is 6.90. The van der Waals surface area contributed by atoms with Crippen LogP contribution in [-0.4, -0.2) is 4.57 Å². The Morgan fingerprint density at radius 2 is 1.31 bits per heavy atom. The van der Waals surface area contributed by atoms with Gasteiger partial charge in [0.2, 0.25) is 0 Å². The summed E-state index contributed by atoms with van der Waals surface area (Å²) in [7, 11) is 0. The van der Waals surface area contributed by atoms with Crippen LogP contribution in [0.15, 0.2) is 132 Å². The fourth-order valence-electron chi connectivity index (χ4n) is 5.77. The molecule has 0 unspecified atom stereocenters. The highest BCUT2D eigenvalue weighted by molar-refractivity contribution is 7.98. The smallest absolute Gasteiger partial charge is 0.0538 e. The Bertz CT molecular complexity index is 1830. The van der Waals surface area contributed by atoms with Gasteiger partial charge in [0.15, 0.2) is 0 Å². The average molecular weight is 520 g/mol. The van der Waals surface area contributed by atoms with E-state index in [1.807, 2.05) is 11.8 Å². The van der Waals surface area contributed by atoms with Crippen molar-refractivity contribution >= 4 is 34.3 Å². The predicted molar refractivity (Wildman–Crippen MR) is 168 cm³/mol. The van der Waals surface area contributed by atoms with E-state index in [2.05, 4.69) is 145 Å². The molecule has 2 heterocycles. The number of rotatable bonds is 4. The Morgan fingerprint density at radius 1 is 0.641 bits per heavy atom. The summed E-state index contributed by atoms with van der Waals surface area (Å²) in [6.07, 6.45) is 3.43. The molecule has 0 spiro atoms. The molecule has 6 aromatic rings. The second kappa shape index (κ2) is 10.1. The van der Waals surface area contributed by atoms with Crippen LogP contribution in [0.3, 0.4) is 0 Å². The van der Waals surface area contributed by atoms with Crippen LogP contribution in [0.25, 0.3) is 50.5 Å². The summed E-state index contributed by atoms with van der Waals surface area (Å²) in [4.78, 5) is 1.36. The monoisotopic (exact) mass is 519 g/mol. The zero-order valence-corrected chi connectivity index (χ0v) is 22.8. The number of hydrogen-bond donors (Lipinski definition) is 0. The van der Waals surface area contributed by atoms with Gasteiger partial charge in [-0.1, -0.05) is 97.9 Å². The summed E-state index contributed by atoms with van der Waals surface area (Å²) >= 11 is 1.96. The highest BCUT2D eigenvalue weighted by Gasteiger charge is 2.21. The molecule has 0 saturated heterocycles. The third-order valence-corrected chi connectivity index (χ3v) is 8.83. The second-order valence-electron chi connectivity index (χ2n) is 10.0. The Kier molecular flexibility index (Phi) is 6.19. The molecule has 39 heavy (non-hydrogen) atoms. The van der Waals surface area contributed by atoms with Crippen molar-refractivity contribution in [1.29, 1.82) is 0 Å². The topological polar surface area (TPSA) is 4.93 Å². The lowest BCUT2D eigenvalue weighted by atomic mass is 9.97. The first kappa shape index (κ1) is 23.8. The first-order valence-electron chi connectivity index (χ1n) is 13.6. The molecule has 0 fully saturated rings. The summed E-state index contributed by atoms with van der Waals surface area (Å²) in [5.74, 6) is 0.934. The summed E-state index contributed by atoms with van der Waals surface area (Å²) in [6.45, 7) is 2.27. The number of thioether (sulfide) groups is 1. The zero-order chi connectivity index (χ0) is 26.2. The van der Waals surface area contributed by atoms with Crippen LogP contribution in [0.5, 0.6) is 0 Å². The van der Waals surface area contributed by atoms with Crippen LogP contribution >= 0.6 is 11.8 Å². The quantitative estimate of drug-likeness (QED) is 0.224. The maximum atomic E-state index is 2.46. The lowest BCUT2D eigenvalue weighted by molar-refractivity contribution is 1.09. The molecule has 2 heteroatoms. The Morgan fingerprint density at radius 3 is 2.10 bits per heavy atom. The van der Waals surface area contributed by atoms with Gasteiger partial charge in [-0.05, 0) is 87.8 Å². The number of para-hydroxylation sites is 1. The van der Waals surface area contributed by atoms with Crippen molar-refractivity contribution < 1.29 is 0 Å². The normalized spacial score (nSPS) is 14.1. The Hall–Kier alpha value is -4.27. The van der Waals surface area contributed by atoms with E-state index in [0.717, 1.165) is 12.2 Å². The molecule has 0 amide bonds. The lowest BCUT2D eigenvalue weighted by Crippen LogP contribution is -2.00. The second-order valence-corrected chi connectivity index (χ2v) is 11.0. The van der Waals surface area contributed by atoms with Crippen LogP contribution in [0.2, 0.25) is 0 Å². The van der Waals surface area contributed by atoms with Crippen LogP contribution in [0.1, 0.15) is 30.2 Å². The van der Waals surface area contributed by atoms with E-state index in [0.29, 0.717) is 0 Å². The molecule has 7 rings (SSSR count). The molecule has 0 bridgehead atoms. The minimum atomic E-state index is 0.934. The average Bonchev–Trinajstić information content (AvgIpc) is 3.30. The van der Waals surface area contributed by atoms with Gasteiger partial charge in [-0.25, -0.2) is 0 Å². The van der Waals surface area contributed by atoms with E-state index >= 15 is 0 Å². The lowest BCUT2D eigenvalue weighted by Gasteiger charge is -2.17.